The number of carbonyl (C=O) groups is 2. The molecule has 0 aliphatic carbocycles. The Morgan fingerprint density at radius 1 is 0.958 bits per heavy atom. The molecule has 244 valence electrons. The van der Waals surface area contributed by atoms with Gasteiger partial charge in [0.25, 0.3) is 0 Å². The van der Waals surface area contributed by atoms with E-state index in [2.05, 4.69) is 27.3 Å². The number of nitrogens with zero attached hydrogens (tertiary/aromatic N) is 3. The van der Waals surface area contributed by atoms with Crippen LogP contribution >= 0.6 is 0 Å². The largest absolute Gasteiger partial charge is 0.497 e. The number of hydrogen-bond acceptors (Lipinski definition) is 7. The van der Waals surface area contributed by atoms with E-state index in [1.54, 1.807) is 41.3 Å². The van der Waals surface area contributed by atoms with Gasteiger partial charge in [-0.05, 0) is 66.6 Å². The number of ether oxygens (including phenoxy) is 1. The highest BCUT2D eigenvalue weighted by Gasteiger charge is 2.34. The molecule has 0 fully saturated rings. The number of nitrogens with one attached hydrogen (secondary N) is 1. The maximum atomic E-state index is 13.5. The average Bonchev–Trinajstić information content (AvgIpc) is 3.53. The van der Waals surface area contributed by atoms with Crippen molar-refractivity contribution in [3.8, 4) is 29.0 Å². The van der Waals surface area contributed by atoms with E-state index < -0.39 is 30.0 Å². The zero-order valence-corrected chi connectivity index (χ0v) is 25.8. The standard InChI is InChI=1S/C36H29F3N4O5/c1-23-3-5-24(6-4-23)9-18-33-41-35(42-48-33)26-10-7-25(8-11-26)21-43(22-34(45)46)29-15-13-28(14-16-29)40-32(44)19-27-12-17-30(47-2)20-31(27)36(37,38)39/h3-8,10-17,20H,19,21-22H2,1-2H3,(H,40,44)(H,45,46). The number of aromatic nitrogens is 2. The third kappa shape index (κ3) is 8.79. The molecule has 9 nitrogen and oxygen atoms in total. The Morgan fingerprint density at radius 2 is 1.67 bits per heavy atom. The summed E-state index contributed by atoms with van der Waals surface area (Å²) in [4.78, 5) is 30.3. The molecule has 1 aromatic heterocycles. The lowest BCUT2D eigenvalue weighted by molar-refractivity contribution is -0.138. The number of aliphatic carboxylic acids is 1. The van der Waals surface area contributed by atoms with Gasteiger partial charge in [0, 0.05) is 35.0 Å². The zero-order valence-electron chi connectivity index (χ0n) is 25.8. The van der Waals surface area contributed by atoms with Crippen molar-refractivity contribution < 1.29 is 37.1 Å². The lowest BCUT2D eigenvalue weighted by Crippen LogP contribution is -2.29. The normalized spacial score (nSPS) is 10.9. The fourth-order valence-electron chi connectivity index (χ4n) is 4.77. The first-order chi connectivity index (χ1) is 23.0. The van der Waals surface area contributed by atoms with Gasteiger partial charge in [0.05, 0.1) is 19.1 Å². The molecule has 1 amide bonds. The zero-order chi connectivity index (χ0) is 34.3. The molecule has 0 unspecified atom stereocenters. The van der Waals surface area contributed by atoms with Gasteiger partial charge >= 0.3 is 18.0 Å². The molecular weight excluding hydrogens is 625 g/mol. The molecule has 4 aromatic carbocycles. The summed E-state index contributed by atoms with van der Waals surface area (Å²) >= 11 is 0. The van der Waals surface area contributed by atoms with Crippen molar-refractivity contribution in [1.82, 2.24) is 10.1 Å². The van der Waals surface area contributed by atoms with Crippen molar-refractivity contribution >= 4 is 23.3 Å². The topological polar surface area (TPSA) is 118 Å². The molecular formula is C36H29F3N4O5. The van der Waals surface area contributed by atoms with Crippen LogP contribution in [-0.4, -0.2) is 40.8 Å². The SMILES string of the molecule is COc1ccc(CC(=O)Nc2ccc(N(CC(=O)O)Cc3ccc(-c4noc(C#Cc5ccc(C)cc5)n4)cc3)cc2)c(C(F)(F)F)c1. The van der Waals surface area contributed by atoms with Crippen LogP contribution in [0.4, 0.5) is 24.5 Å². The molecule has 5 rings (SSSR count). The van der Waals surface area contributed by atoms with Crippen molar-refractivity contribution in [1.29, 1.82) is 0 Å². The third-order valence-corrected chi connectivity index (χ3v) is 7.19. The molecule has 48 heavy (non-hydrogen) atoms. The number of benzene rings is 4. The van der Waals surface area contributed by atoms with Gasteiger partial charge in [-0.25, -0.2) is 0 Å². The lowest BCUT2D eigenvalue weighted by Gasteiger charge is -2.23. The van der Waals surface area contributed by atoms with E-state index in [9.17, 15) is 27.9 Å². The van der Waals surface area contributed by atoms with Gasteiger partial charge < -0.3 is 24.6 Å². The molecule has 1 heterocycles. The van der Waals surface area contributed by atoms with Gasteiger partial charge in [0.1, 0.15) is 12.3 Å². The minimum atomic E-state index is -4.66. The smallest absolute Gasteiger partial charge is 0.416 e. The van der Waals surface area contributed by atoms with E-state index in [-0.39, 0.29) is 30.3 Å². The second kappa shape index (κ2) is 14.6. The van der Waals surface area contributed by atoms with Crippen LogP contribution < -0.4 is 15.0 Å². The van der Waals surface area contributed by atoms with E-state index in [4.69, 9.17) is 9.26 Å². The van der Waals surface area contributed by atoms with Crippen molar-refractivity contribution in [3.63, 3.8) is 0 Å². The summed E-state index contributed by atoms with van der Waals surface area (Å²) in [5, 5.41) is 16.1. The second-order valence-corrected chi connectivity index (χ2v) is 10.8. The summed E-state index contributed by atoms with van der Waals surface area (Å²) in [6.07, 6.45) is -5.17. The summed E-state index contributed by atoms with van der Waals surface area (Å²) in [7, 11) is 1.26. The molecule has 0 radical (unpaired) electrons. The number of anilines is 2. The average molecular weight is 655 g/mol. The molecule has 0 bridgehead atoms. The van der Waals surface area contributed by atoms with Gasteiger partial charge in [-0.3, -0.25) is 9.59 Å². The molecule has 0 aliphatic heterocycles. The highest BCUT2D eigenvalue weighted by molar-refractivity contribution is 5.92. The van der Waals surface area contributed by atoms with Crippen LogP contribution in [0.25, 0.3) is 11.4 Å². The van der Waals surface area contributed by atoms with Crippen molar-refractivity contribution in [2.45, 2.75) is 26.1 Å². The molecule has 0 aliphatic rings. The number of carbonyl (C=O) groups excluding carboxylic acids is 1. The Hall–Kier alpha value is -6.09. The number of amides is 1. The van der Waals surface area contributed by atoms with E-state index in [0.29, 0.717) is 22.8 Å². The number of methoxy groups -OCH3 is 1. The fourth-order valence-corrected chi connectivity index (χ4v) is 4.77. The van der Waals surface area contributed by atoms with Crippen molar-refractivity contribution in [3.05, 3.63) is 125 Å². The minimum Gasteiger partial charge on any atom is -0.497 e. The number of carboxylic acids is 1. The van der Waals surface area contributed by atoms with E-state index in [0.717, 1.165) is 22.8 Å². The van der Waals surface area contributed by atoms with Gasteiger partial charge in [-0.1, -0.05) is 59.1 Å². The summed E-state index contributed by atoms with van der Waals surface area (Å²) in [5.74, 6) is 4.72. The molecule has 5 aromatic rings. The molecule has 0 saturated carbocycles. The first kappa shape index (κ1) is 33.3. The molecule has 12 heteroatoms. The Bertz CT molecular complexity index is 1960. The summed E-state index contributed by atoms with van der Waals surface area (Å²) < 4.78 is 50.8. The Labute approximate surface area is 274 Å². The van der Waals surface area contributed by atoms with Gasteiger partial charge in [-0.2, -0.15) is 18.2 Å². The molecule has 0 saturated heterocycles. The maximum absolute atomic E-state index is 13.5. The minimum absolute atomic E-state index is 0.0324. The third-order valence-electron chi connectivity index (χ3n) is 7.19. The quantitative estimate of drug-likeness (QED) is 0.159. The summed E-state index contributed by atoms with van der Waals surface area (Å²) in [6.45, 7) is 1.93. The van der Waals surface area contributed by atoms with Crippen molar-refractivity contribution in [2.24, 2.45) is 0 Å². The Kier molecular flexibility index (Phi) is 10.1. The van der Waals surface area contributed by atoms with Gasteiger partial charge in [-0.15, -0.1) is 0 Å². The highest BCUT2D eigenvalue weighted by Crippen LogP contribution is 2.35. The number of alkyl halides is 3. The number of carboxylic acid groups (broad SMARTS) is 1. The number of rotatable bonds is 10. The van der Waals surface area contributed by atoms with E-state index >= 15 is 0 Å². The monoisotopic (exact) mass is 654 g/mol. The van der Waals surface area contributed by atoms with Crippen LogP contribution in [0.3, 0.4) is 0 Å². The van der Waals surface area contributed by atoms with Crippen LogP contribution in [0, 0.1) is 18.8 Å². The number of halogens is 3. The molecule has 0 atom stereocenters. The Morgan fingerprint density at radius 3 is 2.31 bits per heavy atom. The van der Waals surface area contributed by atoms with Crippen LogP contribution in [-0.2, 0) is 28.7 Å². The van der Waals surface area contributed by atoms with Crippen LogP contribution in [0.5, 0.6) is 5.75 Å². The van der Waals surface area contributed by atoms with Crippen LogP contribution in [0.2, 0.25) is 0 Å². The number of aryl methyl sites for hydroxylation is 1. The summed E-state index contributed by atoms with van der Waals surface area (Å²) in [6, 6.07) is 24.8. The molecule has 2 N–H and O–H groups in total. The van der Waals surface area contributed by atoms with Crippen LogP contribution in [0.1, 0.15) is 33.7 Å². The van der Waals surface area contributed by atoms with Gasteiger partial charge in [0.2, 0.25) is 11.7 Å². The van der Waals surface area contributed by atoms with Gasteiger partial charge in [0.15, 0.2) is 0 Å². The number of hydrogen-bond donors (Lipinski definition) is 2. The predicted molar refractivity (Wildman–Crippen MR) is 172 cm³/mol. The maximum Gasteiger partial charge on any atom is 0.416 e. The molecule has 0 spiro atoms. The van der Waals surface area contributed by atoms with Crippen molar-refractivity contribution in [2.75, 3.05) is 23.9 Å². The van der Waals surface area contributed by atoms with Crippen LogP contribution in [0.15, 0.2) is 95.5 Å². The van der Waals surface area contributed by atoms with E-state index in [1.165, 1.54) is 19.2 Å². The lowest BCUT2D eigenvalue weighted by atomic mass is 10.0. The summed E-state index contributed by atoms with van der Waals surface area (Å²) in [5.41, 5.74) is 3.21. The fraction of sp³-hybridized carbons (Fsp3) is 0.167. The van der Waals surface area contributed by atoms with E-state index in [1.807, 2.05) is 43.3 Å². The first-order valence-corrected chi connectivity index (χ1v) is 14.6. The Balaban J connectivity index is 1.23. The highest BCUT2D eigenvalue weighted by atomic mass is 19.4. The predicted octanol–water partition coefficient (Wildman–Crippen LogP) is 6.74. The second-order valence-electron chi connectivity index (χ2n) is 10.8. The first-order valence-electron chi connectivity index (χ1n) is 14.6.